The van der Waals surface area contributed by atoms with Crippen molar-refractivity contribution in [2.24, 2.45) is 0 Å². The molecule has 0 fully saturated rings. The van der Waals surface area contributed by atoms with Gasteiger partial charge in [0.2, 0.25) is 0 Å². The molecule has 5 nitrogen and oxygen atoms in total. The fourth-order valence-corrected chi connectivity index (χ4v) is 5.85. The molecule has 1 aliphatic rings. The van der Waals surface area contributed by atoms with Gasteiger partial charge in [0.05, 0.1) is 6.95 Å². The maximum atomic E-state index is 8.33. The van der Waals surface area contributed by atoms with Gasteiger partial charge in [0.15, 0.2) is 0 Å². The summed E-state index contributed by atoms with van der Waals surface area (Å²) in [5, 5.41) is 1.43. The average Bonchev–Trinajstić information content (AvgIpc) is 3.43. The van der Waals surface area contributed by atoms with E-state index in [0.29, 0.717) is 39.1 Å². The molecule has 0 N–H and O–H groups in total. The summed E-state index contributed by atoms with van der Waals surface area (Å²) >= 11 is 0. The van der Waals surface area contributed by atoms with Crippen LogP contribution < -0.4 is 0 Å². The van der Waals surface area contributed by atoms with E-state index in [-0.39, 0.29) is 42.9 Å². The number of pyridine rings is 3. The Morgan fingerprint density at radius 1 is 0.978 bits per heavy atom. The van der Waals surface area contributed by atoms with E-state index in [0.717, 1.165) is 22.2 Å². The zero-order chi connectivity index (χ0) is 38.2. The van der Waals surface area contributed by atoms with Crippen LogP contribution in [0, 0.1) is 32.4 Å². The third kappa shape index (κ3) is 5.57. The second-order valence-corrected chi connectivity index (χ2v) is 13.5. The fourth-order valence-electron chi connectivity index (χ4n) is 5.85. The van der Waals surface area contributed by atoms with Crippen LogP contribution in [-0.2, 0) is 36.4 Å². The van der Waals surface area contributed by atoms with E-state index in [4.69, 9.17) is 20.6 Å². The minimum absolute atomic E-state index is 0. The number of nitrogens with zero attached hydrogens (tertiary/aromatic N) is 4. The Bertz CT molecular complexity index is 2400. The number of aromatic nitrogens is 3. The van der Waals surface area contributed by atoms with Gasteiger partial charge in [-0.25, -0.2) is 0 Å². The Hall–Kier alpha value is -4.17. The molecule has 0 unspecified atom stereocenters. The standard InChI is InChI=1S/C24H20N3O.C16H18N.Ir/c1-13-9-10-26-21-16-11-15-14-7-8-19(25-6)27-22(14)28-18(15)12-17(16)23(2,3)24(4,5)20(13)21;1-12-5-7-13(8-6-12)15-11-14(9-10-17-15)16(2,3)4;/h7-10,12H,1-5H3;5-7,9-11H,1-4H3;/q2*-1;/i1D3,9D;1D3;. The van der Waals surface area contributed by atoms with Gasteiger partial charge in [-0.3, -0.25) is 4.98 Å². The van der Waals surface area contributed by atoms with E-state index >= 15 is 0 Å². The van der Waals surface area contributed by atoms with Crippen LogP contribution in [0.4, 0.5) is 5.82 Å². The van der Waals surface area contributed by atoms with E-state index < -0.39 is 24.5 Å². The van der Waals surface area contributed by atoms with Crippen LogP contribution in [0.2, 0.25) is 0 Å². The van der Waals surface area contributed by atoms with Crippen molar-refractivity contribution in [1.82, 2.24) is 15.0 Å². The smallest absolute Gasteiger partial charge is 0.280 e. The van der Waals surface area contributed by atoms with Gasteiger partial charge in [-0.1, -0.05) is 107 Å². The van der Waals surface area contributed by atoms with Gasteiger partial charge in [0.1, 0.15) is 0 Å². The van der Waals surface area contributed by atoms with E-state index in [1.807, 2.05) is 32.0 Å². The Labute approximate surface area is 295 Å². The van der Waals surface area contributed by atoms with Crippen LogP contribution in [0.25, 0.3) is 49.4 Å². The van der Waals surface area contributed by atoms with Crippen LogP contribution in [0.15, 0.2) is 71.4 Å². The average molecular weight is 790 g/mol. The van der Waals surface area contributed by atoms with Gasteiger partial charge >= 0.3 is 0 Å². The molecule has 0 atom stereocenters. The Morgan fingerprint density at radius 3 is 2.46 bits per heavy atom. The third-order valence-corrected chi connectivity index (χ3v) is 9.18. The predicted octanol–water partition coefficient (Wildman–Crippen LogP) is 10.4. The summed E-state index contributed by atoms with van der Waals surface area (Å²) in [6.07, 6.45) is 3.09. The number of fused-ring (bicyclic) bond motifs is 6. The monoisotopic (exact) mass is 790 g/mol. The summed E-state index contributed by atoms with van der Waals surface area (Å²) in [4.78, 5) is 16.5. The summed E-state index contributed by atoms with van der Waals surface area (Å²) in [5.41, 5.74) is 5.78. The summed E-state index contributed by atoms with van der Waals surface area (Å²) < 4.78 is 60.8. The first-order valence-electron chi connectivity index (χ1n) is 18.2. The van der Waals surface area contributed by atoms with Crippen molar-refractivity contribution in [3.8, 4) is 22.5 Å². The molecule has 235 valence electrons. The van der Waals surface area contributed by atoms with Crippen molar-refractivity contribution >= 4 is 27.9 Å². The maximum Gasteiger partial charge on any atom is 0.280 e. The molecule has 0 spiro atoms. The van der Waals surface area contributed by atoms with Crippen molar-refractivity contribution in [3.63, 3.8) is 0 Å². The predicted molar refractivity (Wildman–Crippen MR) is 183 cm³/mol. The molecule has 0 aliphatic heterocycles. The molecule has 4 heterocycles. The topological polar surface area (TPSA) is 56.2 Å². The SMILES string of the molecule is [2H]C([2H])([2H])c1c[c-]c(-c2cc(C(C)(C)C)ccn2)cc1.[2H]c1cnc2c(c1C([2H])([2H])[2H])C(C)(C)C(C)(C)c1cc3oc4nc([N+]#[C-])ccc4c3[c-]c1-2.[Ir]. The molecule has 1 aliphatic carbocycles. The number of benzene rings is 2. The Balaban J connectivity index is 0.000000223. The van der Waals surface area contributed by atoms with E-state index in [2.05, 4.69) is 66.5 Å². The van der Waals surface area contributed by atoms with Crippen LogP contribution in [0.3, 0.4) is 0 Å². The minimum Gasteiger partial charge on any atom is -0.465 e. The first-order chi connectivity index (χ1) is 24.1. The van der Waals surface area contributed by atoms with E-state index in [1.54, 1.807) is 30.5 Å². The quantitative estimate of drug-likeness (QED) is 0.156. The summed E-state index contributed by atoms with van der Waals surface area (Å²) in [7, 11) is 0. The van der Waals surface area contributed by atoms with Crippen LogP contribution >= 0.6 is 0 Å². The minimum atomic E-state index is -2.44. The summed E-state index contributed by atoms with van der Waals surface area (Å²) in [5.74, 6) is 0.250. The molecule has 4 aromatic heterocycles. The zero-order valence-electron chi connectivity index (χ0n) is 33.8. The van der Waals surface area contributed by atoms with Crippen molar-refractivity contribution in [3.05, 3.63) is 118 Å². The molecule has 6 heteroatoms. The van der Waals surface area contributed by atoms with Crippen molar-refractivity contribution in [1.29, 1.82) is 0 Å². The van der Waals surface area contributed by atoms with Gasteiger partial charge in [0, 0.05) is 51.8 Å². The molecular weight excluding hydrogens is 745 g/mol. The molecule has 1 radical (unpaired) electrons. The molecule has 0 saturated carbocycles. The van der Waals surface area contributed by atoms with Crippen LogP contribution in [0.5, 0.6) is 0 Å². The van der Waals surface area contributed by atoms with Crippen LogP contribution in [-0.4, -0.2) is 15.0 Å². The molecule has 46 heavy (non-hydrogen) atoms. The third-order valence-electron chi connectivity index (χ3n) is 9.18. The second-order valence-electron chi connectivity index (χ2n) is 13.5. The molecule has 7 rings (SSSR count). The number of hydrogen-bond acceptors (Lipinski definition) is 4. The van der Waals surface area contributed by atoms with Crippen LogP contribution in [0.1, 0.15) is 85.9 Å². The van der Waals surface area contributed by atoms with E-state index in [1.165, 1.54) is 17.8 Å². The Morgan fingerprint density at radius 2 is 1.78 bits per heavy atom. The maximum absolute atomic E-state index is 8.33. The largest absolute Gasteiger partial charge is 0.465 e. The molecular formula is C40H38IrN4O-2. The number of aryl methyl sites for hydroxylation is 1. The second kappa shape index (κ2) is 11.9. The van der Waals surface area contributed by atoms with Crippen molar-refractivity contribution in [2.75, 3.05) is 0 Å². The van der Waals surface area contributed by atoms with Gasteiger partial charge in [0.25, 0.3) is 11.5 Å². The van der Waals surface area contributed by atoms with Crippen molar-refractivity contribution < 1.29 is 34.1 Å². The first kappa shape index (κ1) is 25.0. The number of hydrogen-bond donors (Lipinski definition) is 0. The van der Waals surface area contributed by atoms with Gasteiger partial charge in [-0.2, -0.15) is 0 Å². The summed E-state index contributed by atoms with van der Waals surface area (Å²) in [6.45, 7) is 17.2. The molecule has 0 amide bonds. The van der Waals surface area contributed by atoms with E-state index in [9.17, 15) is 0 Å². The Kier molecular flexibility index (Phi) is 6.45. The fraction of sp³-hybridized carbons (Fsp3) is 0.300. The van der Waals surface area contributed by atoms with Gasteiger partial charge in [-0.05, 0) is 58.1 Å². The zero-order valence-corrected chi connectivity index (χ0v) is 29.2. The summed E-state index contributed by atoms with van der Waals surface area (Å²) in [6, 6.07) is 20.7. The molecule has 0 saturated heterocycles. The van der Waals surface area contributed by atoms with Gasteiger partial charge < -0.3 is 14.2 Å². The number of furan rings is 1. The molecule has 0 bridgehead atoms. The first-order valence-corrected chi connectivity index (χ1v) is 14.7. The van der Waals surface area contributed by atoms with Crippen molar-refractivity contribution in [2.45, 2.75) is 78.4 Å². The normalized spacial score (nSPS) is 17.1. The number of rotatable bonds is 1. The van der Waals surface area contributed by atoms with Gasteiger partial charge in [-0.15, -0.1) is 41.5 Å². The molecule has 2 aromatic carbocycles. The molecule has 6 aromatic rings.